The lowest BCUT2D eigenvalue weighted by Gasteiger charge is -2.11. The first-order valence-electron chi connectivity index (χ1n) is 4.46. The Kier molecular flexibility index (Phi) is 1.83. The van der Waals surface area contributed by atoms with Crippen molar-refractivity contribution in [2.75, 3.05) is 11.9 Å². The first kappa shape index (κ1) is 8.29. The molecule has 4 nitrogen and oxygen atoms in total. The molecular formula is C9H11NO3. The highest BCUT2D eigenvalue weighted by atomic mass is 16.5. The van der Waals surface area contributed by atoms with E-state index in [4.69, 9.17) is 4.74 Å². The Bertz CT molecular complexity index is 385. The van der Waals surface area contributed by atoms with Crippen molar-refractivity contribution in [2.45, 2.75) is 25.8 Å². The number of nitrogens with one attached hydrogen (secondary N) is 1. The van der Waals surface area contributed by atoms with Crippen molar-refractivity contribution >= 4 is 5.69 Å². The molecule has 1 aliphatic carbocycles. The summed E-state index contributed by atoms with van der Waals surface area (Å²) in [5.74, 6) is 0.222. The molecule has 13 heavy (non-hydrogen) atoms. The monoisotopic (exact) mass is 181 g/mol. The molecule has 1 saturated carbocycles. The molecule has 0 aliphatic heterocycles. The first-order valence-corrected chi connectivity index (χ1v) is 4.46. The van der Waals surface area contributed by atoms with Gasteiger partial charge < -0.3 is 10.1 Å². The maximum atomic E-state index is 11.1. The molecule has 70 valence electrons. The van der Waals surface area contributed by atoms with Crippen molar-refractivity contribution < 1.29 is 4.74 Å². The van der Waals surface area contributed by atoms with Crippen LogP contribution in [0.2, 0.25) is 0 Å². The zero-order valence-electron chi connectivity index (χ0n) is 7.42. The molecule has 0 saturated heterocycles. The van der Waals surface area contributed by atoms with Crippen molar-refractivity contribution in [1.29, 1.82) is 0 Å². The van der Waals surface area contributed by atoms with Crippen LogP contribution < -0.4 is 20.9 Å². The molecule has 0 atom stereocenters. The minimum atomic E-state index is -0.495. The predicted octanol–water partition coefficient (Wildman–Crippen LogP) is 0.256. The summed E-state index contributed by atoms with van der Waals surface area (Å²) in [7, 11) is 0. The van der Waals surface area contributed by atoms with Gasteiger partial charge in [-0.3, -0.25) is 9.59 Å². The number of hydrogen-bond donors (Lipinski definition) is 1. The Morgan fingerprint density at radius 2 is 2.08 bits per heavy atom. The summed E-state index contributed by atoms with van der Waals surface area (Å²) >= 11 is 0. The van der Waals surface area contributed by atoms with Gasteiger partial charge >= 0.3 is 0 Å². The Balaban J connectivity index is 2.18. The second-order valence-electron chi connectivity index (χ2n) is 3.21. The molecule has 0 heterocycles. The van der Waals surface area contributed by atoms with E-state index in [0.29, 0.717) is 18.3 Å². The molecule has 0 unspecified atom stereocenters. The standard InChI is InChI=1S/C9H11NO3/c1-2-13-9-6(7(11)8(9)12)10-5-3-4-5/h5,10H,2-4H2,1H3. The fourth-order valence-electron chi connectivity index (χ4n) is 1.22. The van der Waals surface area contributed by atoms with E-state index in [0.717, 1.165) is 12.8 Å². The number of anilines is 1. The molecule has 2 rings (SSSR count). The largest absolute Gasteiger partial charge is 0.488 e. The van der Waals surface area contributed by atoms with Gasteiger partial charge in [0.2, 0.25) is 0 Å². The molecule has 1 aromatic carbocycles. The normalized spacial score (nSPS) is 16.1. The summed E-state index contributed by atoms with van der Waals surface area (Å²) < 4.78 is 5.05. The van der Waals surface area contributed by atoms with Crippen LogP contribution >= 0.6 is 0 Å². The summed E-state index contributed by atoms with van der Waals surface area (Å²) in [6.07, 6.45) is 2.15. The number of hydrogen-bond acceptors (Lipinski definition) is 4. The maximum absolute atomic E-state index is 11.1. The summed E-state index contributed by atoms with van der Waals surface area (Å²) in [5, 5.41) is 2.99. The van der Waals surface area contributed by atoms with E-state index in [1.165, 1.54) is 0 Å². The Hall–Kier alpha value is -1.32. The minimum absolute atomic E-state index is 0.222. The average molecular weight is 181 g/mol. The third kappa shape index (κ3) is 1.32. The Morgan fingerprint density at radius 3 is 2.62 bits per heavy atom. The van der Waals surface area contributed by atoms with E-state index in [9.17, 15) is 9.59 Å². The predicted molar refractivity (Wildman–Crippen MR) is 49.2 cm³/mol. The molecule has 0 radical (unpaired) electrons. The van der Waals surface area contributed by atoms with Crippen molar-refractivity contribution in [3.63, 3.8) is 0 Å². The van der Waals surface area contributed by atoms with E-state index in [1.54, 1.807) is 6.92 Å². The molecule has 0 amide bonds. The van der Waals surface area contributed by atoms with Gasteiger partial charge in [-0.05, 0) is 19.8 Å². The van der Waals surface area contributed by atoms with E-state index >= 15 is 0 Å². The van der Waals surface area contributed by atoms with Gasteiger partial charge in [0.15, 0.2) is 5.75 Å². The van der Waals surface area contributed by atoms with Gasteiger partial charge in [0.25, 0.3) is 10.9 Å². The van der Waals surface area contributed by atoms with Gasteiger partial charge in [-0.2, -0.15) is 0 Å². The summed E-state index contributed by atoms with van der Waals surface area (Å²) in [6, 6.07) is 0.377. The first-order chi connectivity index (χ1) is 6.24. The lowest BCUT2D eigenvalue weighted by atomic mass is 10.2. The highest BCUT2D eigenvalue weighted by molar-refractivity contribution is 5.62. The molecule has 1 N–H and O–H groups in total. The third-order valence-electron chi connectivity index (χ3n) is 2.08. The van der Waals surface area contributed by atoms with Crippen LogP contribution in [0.5, 0.6) is 5.75 Å². The van der Waals surface area contributed by atoms with Gasteiger partial charge in [-0.25, -0.2) is 0 Å². The van der Waals surface area contributed by atoms with Gasteiger partial charge in [0.05, 0.1) is 6.61 Å². The van der Waals surface area contributed by atoms with Gasteiger partial charge in [0, 0.05) is 6.04 Å². The molecule has 4 heteroatoms. The van der Waals surface area contributed by atoms with Crippen LogP contribution in [0.25, 0.3) is 0 Å². The second kappa shape index (κ2) is 2.87. The van der Waals surface area contributed by atoms with Crippen molar-refractivity contribution in [3.05, 3.63) is 20.4 Å². The van der Waals surface area contributed by atoms with Crippen LogP contribution in [0.1, 0.15) is 19.8 Å². The lowest BCUT2D eigenvalue weighted by molar-refractivity contribution is 0.334. The van der Waals surface area contributed by atoms with Crippen LogP contribution in [-0.2, 0) is 0 Å². The fraction of sp³-hybridized carbons (Fsp3) is 0.556. The summed E-state index contributed by atoms with van der Waals surface area (Å²) in [6.45, 7) is 2.21. The van der Waals surface area contributed by atoms with Crippen molar-refractivity contribution in [3.8, 4) is 5.75 Å². The quantitative estimate of drug-likeness (QED) is 0.677. The van der Waals surface area contributed by atoms with E-state index < -0.39 is 10.9 Å². The van der Waals surface area contributed by atoms with E-state index in [-0.39, 0.29) is 5.75 Å². The highest BCUT2D eigenvalue weighted by Gasteiger charge is 2.28. The van der Waals surface area contributed by atoms with E-state index in [2.05, 4.69) is 5.32 Å². The van der Waals surface area contributed by atoms with Crippen LogP contribution in [0.4, 0.5) is 5.69 Å². The summed E-state index contributed by atoms with van der Waals surface area (Å²) in [5.41, 5.74) is -0.547. The lowest BCUT2D eigenvalue weighted by Crippen LogP contribution is -2.36. The molecule has 1 aliphatic rings. The van der Waals surface area contributed by atoms with Crippen molar-refractivity contribution in [2.24, 2.45) is 0 Å². The fourth-order valence-corrected chi connectivity index (χ4v) is 1.22. The number of rotatable bonds is 4. The molecule has 0 spiro atoms. The Morgan fingerprint density at radius 1 is 1.38 bits per heavy atom. The third-order valence-corrected chi connectivity index (χ3v) is 2.08. The molecule has 1 aromatic rings. The minimum Gasteiger partial charge on any atom is -0.488 e. The molecular weight excluding hydrogens is 170 g/mol. The molecule has 1 fully saturated rings. The average Bonchev–Trinajstić information content (AvgIpc) is 2.94. The smallest absolute Gasteiger partial charge is 0.272 e. The zero-order chi connectivity index (χ0) is 9.42. The van der Waals surface area contributed by atoms with Gasteiger partial charge in [-0.15, -0.1) is 0 Å². The van der Waals surface area contributed by atoms with Gasteiger partial charge in [-0.1, -0.05) is 0 Å². The van der Waals surface area contributed by atoms with E-state index in [1.807, 2.05) is 0 Å². The SMILES string of the molecule is CCOc1c(NC2CC2)c(=O)c1=O. The second-order valence-corrected chi connectivity index (χ2v) is 3.21. The molecule has 0 aromatic heterocycles. The summed E-state index contributed by atoms with van der Waals surface area (Å²) in [4.78, 5) is 22.1. The Labute approximate surface area is 75.2 Å². The van der Waals surface area contributed by atoms with Crippen LogP contribution in [0.3, 0.4) is 0 Å². The van der Waals surface area contributed by atoms with Crippen LogP contribution in [0.15, 0.2) is 9.59 Å². The van der Waals surface area contributed by atoms with Gasteiger partial charge in [0.1, 0.15) is 5.69 Å². The van der Waals surface area contributed by atoms with Crippen LogP contribution in [-0.4, -0.2) is 12.6 Å². The highest BCUT2D eigenvalue weighted by Crippen LogP contribution is 2.27. The van der Waals surface area contributed by atoms with Crippen molar-refractivity contribution in [1.82, 2.24) is 0 Å². The topological polar surface area (TPSA) is 55.4 Å². The van der Waals surface area contributed by atoms with Crippen LogP contribution in [0, 0.1) is 0 Å². The number of ether oxygens (including phenoxy) is 1. The molecule has 0 bridgehead atoms. The zero-order valence-corrected chi connectivity index (χ0v) is 7.42. The maximum Gasteiger partial charge on any atom is 0.272 e.